The molecule has 1 fully saturated rings. The van der Waals surface area contributed by atoms with Crippen LogP contribution in [0.25, 0.3) is 0 Å². The van der Waals surface area contributed by atoms with Crippen LogP contribution >= 0.6 is 0 Å². The Morgan fingerprint density at radius 3 is 2.38 bits per heavy atom. The molecule has 0 radical (unpaired) electrons. The van der Waals surface area contributed by atoms with E-state index in [4.69, 9.17) is 14.6 Å². The molecule has 7 nitrogen and oxygen atoms in total. The lowest BCUT2D eigenvalue weighted by Crippen LogP contribution is -2.54. The van der Waals surface area contributed by atoms with Crippen molar-refractivity contribution in [3.63, 3.8) is 0 Å². The lowest BCUT2D eigenvalue weighted by molar-refractivity contribution is -0.147. The molecule has 142 valence electrons. The number of amides is 1. The first kappa shape index (κ1) is 18.5. The number of likely N-dealkylation sites (tertiary alicyclic amines) is 1. The van der Waals surface area contributed by atoms with Gasteiger partial charge in [-0.2, -0.15) is 0 Å². The van der Waals surface area contributed by atoms with Crippen molar-refractivity contribution in [1.29, 1.82) is 0 Å². The van der Waals surface area contributed by atoms with Crippen LogP contribution < -0.4 is 9.47 Å². The number of carboxylic acids is 1. The molecule has 3 rings (SSSR count). The molecule has 0 spiro atoms. The van der Waals surface area contributed by atoms with Gasteiger partial charge in [0.25, 0.3) is 5.91 Å². The lowest BCUT2D eigenvalue weighted by Gasteiger charge is -2.40. The van der Waals surface area contributed by atoms with Crippen LogP contribution in [0, 0.1) is 0 Å². The van der Waals surface area contributed by atoms with Gasteiger partial charge < -0.3 is 19.5 Å². The average molecular weight is 362 g/mol. The number of ether oxygens (including phenoxy) is 2. The minimum atomic E-state index is -0.814. The van der Waals surface area contributed by atoms with Crippen LogP contribution in [0.4, 0.5) is 0 Å². The summed E-state index contributed by atoms with van der Waals surface area (Å²) in [5, 5.41) is 9.03. The van der Waals surface area contributed by atoms with Crippen molar-refractivity contribution in [2.24, 2.45) is 0 Å². The zero-order valence-electron chi connectivity index (χ0n) is 15.3. The Bertz CT molecular complexity index is 657. The molecule has 1 aromatic rings. The third-order valence-corrected chi connectivity index (χ3v) is 5.12. The number of aliphatic carboxylic acids is 1. The van der Waals surface area contributed by atoms with Crippen molar-refractivity contribution in [3.05, 3.63) is 24.3 Å². The third-order valence-electron chi connectivity index (χ3n) is 5.12. The van der Waals surface area contributed by atoms with Crippen LogP contribution in [0.3, 0.4) is 0 Å². The van der Waals surface area contributed by atoms with E-state index in [0.29, 0.717) is 31.1 Å². The SMILES string of the molecule is CCN(CC(=O)O)C1CCN(C(=O)C2Oc3ccccc3OC2C)CC1. The molecule has 7 heteroatoms. The van der Waals surface area contributed by atoms with Crippen molar-refractivity contribution in [3.8, 4) is 11.5 Å². The summed E-state index contributed by atoms with van der Waals surface area (Å²) in [4.78, 5) is 27.7. The van der Waals surface area contributed by atoms with E-state index in [0.717, 1.165) is 12.8 Å². The Kier molecular flexibility index (Phi) is 5.66. The second-order valence-electron chi connectivity index (χ2n) is 6.82. The minimum absolute atomic E-state index is 0.0442. The highest BCUT2D eigenvalue weighted by molar-refractivity contribution is 5.82. The number of nitrogens with zero attached hydrogens (tertiary/aromatic N) is 2. The number of piperidine rings is 1. The summed E-state index contributed by atoms with van der Waals surface area (Å²) in [6.07, 6.45) is 0.536. The fraction of sp³-hybridized carbons (Fsp3) is 0.579. The van der Waals surface area contributed by atoms with Gasteiger partial charge in [-0.15, -0.1) is 0 Å². The smallest absolute Gasteiger partial charge is 0.317 e. The Labute approximate surface area is 153 Å². The molecule has 0 aliphatic carbocycles. The molecule has 2 heterocycles. The van der Waals surface area contributed by atoms with Crippen molar-refractivity contribution in [2.75, 3.05) is 26.2 Å². The maximum Gasteiger partial charge on any atom is 0.317 e. The molecule has 2 aliphatic rings. The van der Waals surface area contributed by atoms with E-state index in [-0.39, 0.29) is 24.6 Å². The highest BCUT2D eigenvalue weighted by Crippen LogP contribution is 2.34. The zero-order valence-corrected chi connectivity index (χ0v) is 15.3. The monoisotopic (exact) mass is 362 g/mol. The standard InChI is InChI=1S/C19H26N2O5/c1-3-20(12-17(22)23)14-8-10-21(11-9-14)19(24)18-13(2)25-15-6-4-5-7-16(15)26-18/h4-7,13-14,18H,3,8-12H2,1-2H3,(H,22,23). The summed E-state index contributed by atoms with van der Waals surface area (Å²) in [5.41, 5.74) is 0. The largest absolute Gasteiger partial charge is 0.482 e. The molecule has 2 unspecified atom stereocenters. The molecule has 1 saturated heterocycles. The van der Waals surface area contributed by atoms with Gasteiger partial charge in [0.1, 0.15) is 6.10 Å². The van der Waals surface area contributed by atoms with E-state index in [9.17, 15) is 9.59 Å². The first-order valence-corrected chi connectivity index (χ1v) is 9.16. The zero-order chi connectivity index (χ0) is 18.7. The van der Waals surface area contributed by atoms with Gasteiger partial charge in [0.2, 0.25) is 6.10 Å². The van der Waals surface area contributed by atoms with Crippen LogP contribution in [0.15, 0.2) is 24.3 Å². The summed E-state index contributed by atoms with van der Waals surface area (Å²) in [5.74, 6) is 0.379. The topological polar surface area (TPSA) is 79.3 Å². The highest BCUT2D eigenvalue weighted by Gasteiger charge is 2.38. The number of hydrogen-bond acceptors (Lipinski definition) is 5. The summed E-state index contributed by atoms with van der Waals surface area (Å²) in [6, 6.07) is 7.56. The molecule has 1 amide bonds. The average Bonchev–Trinajstić information content (AvgIpc) is 2.65. The number of carbonyl (C=O) groups excluding carboxylic acids is 1. The first-order chi connectivity index (χ1) is 12.5. The van der Waals surface area contributed by atoms with Crippen LogP contribution in [0.5, 0.6) is 11.5 Å². The molecular weight excluding hydrogens is 336 g/mol. The van der Waals surface area contributed by atoms with Gasteiger partial charge in [-0.1, -0.05) is 19.1 Å². The minimum Gasteiger partial charge on any atom is -0.482 e. The summed E-state index contributed by atoms with van der Waals surface area (Å²) in [7, 11) is 0. The van der Waals surface area contributed by atoms with E-state index in [1.54, 1.807) is 6.07 Å². The molecule has 0 saturated carbocycles. The predicted molar refractivity (Wildman–Crippen MR) is 95.4 cm³/mol. The molecule has 2 atom stereocenters. The van der Waals surface area contributed by atoms with Crippen LogP contribution in [0.2, 0.25) is 0 Å². The van der Waals surface area contributed by atoms with E-state index in [1.807, 2.05) is 41.8 Å². The van der Waals surface area contributed by atoms with Gasteiger partial charge in [0, 0.05) is 19.1 Å². The van der Waals surface area contributed by atoms with Gasteiger partial charge in [0.05, 0.1) is 6.54 Å². The number of likely N-dealkylation sites (N-methyl/N-ethyl adjacent to an activating group) is 1. The van der Waals surface area contributed by atoms with Crippen LogP contribution in [-0.4, -0.2) is 71.2 Å². The maximum absolute atomic E-state index is 12.9. The Hall–Kier alpha value is -2.28. The fourth-order valence-electron chi connectivity index (χ4n) is 3.69. The van der Waals surface area contributed by atoms with Gasteiger partial charge in [-0.3, -0.25) is 14.5 Å². The predicted octanol–water partition coefficient (Wildman–Crippen LogP) is 1.61. The molecule has 0 aromatic heterocycles. The molecule has 2 aliphatic heterocycles. The number of hydrogen-bond donors (Lipinski definition) is 1. The van der Waals surface area contributed by atoms with E-state index in [1.165, 1.54) is 0 Å². The molecule has 1 N–H and O–H groups in total. The van der Waals surface area contributed by atoms with Crippen LogP contribution in [0.1, 0.15) is 26.7 Å². The van der Waals surface area contributed by atoms with Gasteiger partial charge >= 0.3 is 5.97 Å². The summed E-state index contributed by atoms with van der Waals surface area (Å²) >= 11 is 0. The summed E-state index contributed by atoms with van der Waals surface area (Å²) in [6.45, 7) is 5.76. The Morgan fingerprint density at radius 2 is 1.81 bits per heavy atom. The van der Waals surface area contributed by atoms with Crippen molar-refractivity contribution < 1.29 is 24.2 Å². The van der Waals surface area contributed by atoms with Crippen molar-refractivity contribution in [2.45, 2.75) is 44.9 Å². The molecule has 1 aromatic carbocycles. The number of carboxylic acid groups (broad SMARTS) is 1. The fourth-order valence-corrected chi connectivity index (χ4v) is 3.69. The summed E-state index contributed by atoms with van der Waals surface area (Å²) < 4.78 is 11.7. The molecule has 26 heavy (non-hydrogen) atoms. The number of fused-ring (bicyclic) bond motifs is 1. The van der Waals surface area contributed by atoms with Crippen LogP contribution in [-0.2, 0) is 9.59 Å². The number of rotatable bonds is 5. The lowest BCUT2D eigenvalue weighted by atomic mass is 10.0. The van der Waals surface area contributed by atoms with Gasteiger partial charge in [-0.05, 0) is 38.4 Å². The molecular formula is C19H26N2O5. The van der Waals surface area contributed by atoms with E-state index >= 15 is 0 Å². The molecule has 0 bridgehead atoms. The van der Waals surface area contributed by atoms with Crippen molar-refractivity contribution >= 4 is 11.9 Å². The number of benzene rings is 1. The van der Waals surface area contributed by atoms with Gasteiger partial charge in [-0.25, -0.2) is 0 Å². The van der Waals surface area contributed by atoms with Gasteiger partial charge in [0.15, 0.2) is 11.5 Å². The first-order valence-electron chi connectivity index (χ1n) is 9.16. The number of para-hydroxylation sites is 2. The second kappa shape index (κ2) is 7.95. The van der Waals surface area contributed by atoms with Crippen molar-refractivity contribution in [1.82, 2.24) is 9.80 Å². The highest BCUT2D eigenvalue weighted by atomic mass is 16.6. The Balaban J connectivity index is 1.59. The Morgan fingerprint density at radius 1 is 1.19 bits per heavy atom. The normalized spacial score (nSPS) is 23.1. The number of carbonyl (C=O) groups is 2. The van der Waals surface area contributed by atoms with E-state index in [2.05, 4.69) is 0 Å². The second-order valence-corrected chi connectivity index (χ2v) is 6.82. The van der Waals surface area contributed by atoms with E-state index < -0.39 is 12.1 Å². The quantitative estimate of drug-likeness (QED) is 0.857. The maximum atomic E-state index is 12.9. The third kappa shape index (κ3) is 3.93.